The molecule has 3 heteroatoms. The molecule has 1 aliphatic heterocycles. The summed E-state index contributed by atoms with van der Waals surface area (Å²) in [5.41, 5.74) is 1.43. The highest BCUT2D eigenvalue weighted by molar-refractivity contribution is 5.18. The lowest BCUT2D eigenvalue weighted by atomic mass is 10.0. The first-order valence-corrected chi connectivity index (χ1v) is 6.92. The molecule has 0 bridgehead atoms. The molecule has 2 rings (SSSR count). The molecule has 1 atom stereocenters. The van der Waals surface area contributed by atoms with Gasteiger partial charge in [0.25, 0.3) is 0 Å². The molecule has 1 aliphatic rings. The smallest absolute Gasteiger partial charge is 0.0354 e. The van der Waals surface area contributed by atoms with E-state index in [2.05, 4.69) is 59.5 Å². The van der Waals surface area contributed by atoms with Crippen LogP contribution in [0.15, 0.2) is 30.3 Å². The Hall–Kier alpha value is -0.900. The standard InChI is InChI=1S/C15H25N3/c1-17(2)15(14-6-4-3-5-7-14)8-11-18-12-9-16-10-13-18/h3-7,15-16H,8-13H2,1-2H3. The van der Waals surface area contributed by atoms with Gasteiger partial charge in [-0.05, 0) is 26.1 Å². The van der Waals surface area contributed by atoms with Gasteiger partial charge < -0.3 is 15.1 Å². The summed E-state index contributed by atoms with van der Waals surface area (Å²) in [4.78, 5) is 4.90. The molecule has 0 aromatic heterocycles. The molecule has 100 valence electrons. The molecular weight excluding hydrogens is 222 g/mol. The minimum atomic E-state index is 0.529. The van der Waals surface area contributed by atoms with Gasteiger partial charge in [-0.2, -0.15) is 0 Å². The van der Waals surface area contributed by atoms with Crippen LogP contribution in [0.25, 0.3) is 0 Å². The van der Waals surface area contributed by atoms with Crippen LogP contribution in [0.1, 0.15) is 18.0 Å². The SMILES string of the molecule is CN(C)C(CCN1CCNCC1)c1ccccc1. The summed E-state index contributed by atoms with van der Waals surface area (Å²) in [7, 11) is 4.35. The first kappa shape index (κ1) is 13.5. The van der Waals surface area contributed by atoms with Gasteiger partial charge in [-0.25, -0.2) is 0 Å². The Morgan fingerprint density at radius 2 is 1.83 bits per heavy atom. The van der Waals surface area contributed by atoms with Gasteiger partial charge in [-0.1, -0.05) is 30.3 Å². The number of hydrogen-bond acceptors (Lipinski definition) is 3. The van der Waals surface area contributed by atoms with Crippen molar-refractivity contribution in [1.29, 1.82) is 0 Å². The Kier molecular flexibility index (Phi) is 5.17. The van der Waals surface area contributed by atoms with Crippen molar-refractivity contribution in [2.45, 2.75) is 12.5 Å². The van der Waals surface area contributed by atoms with E-state index in [-0.39, 0.29) is 0 Å². The third kappa shape index (κ3) is 3.80. The van der Waals surface area contributed by atoms with Gasteiger partial charge in [-0.15, -0.1) is 0 Å². The van der Waals surface area contributed by atoms with Crippen molar-refractivity contribution in [3.8, 4) is 0 Å². The van der Waals surface area contributed by atoms with E-state index < -0.39 is 0 Å². The fraction of sp³-hybridized carbons (Fsp3) is 0.600. The fourth-order valence-corrected chi connectivity index (χ4v) is 2.64. The Bertz CT molecular complexity index is 331. The molecule has 1 aromatic carbocycles. The summed E-state index contributed by atoms with van der Waals surface area (Å²) in [6.45, 7) is 5.85. The van der Waals surface area contributed by atoms with E-state index in [0.717, 1.165) is 13.1 Å². The van der Waals surface area contributed by atoms with Gasteiger partial charge in [0.15, 0.2) is 0 Å². The largest absolute Gasteiger partial charge is 0.314 e. The Labute approximate surface area is 111 Å². The van der Waals surface area contributed by atoms with Crippen molar-refractivity contribution < 1.29 is 0 Å². The van der Waals surface area contributed by atoms with Crippen LogP contribution in [-0.4, -0.2) is 56.6 Å². The number of benzene rings is 1. The highest BCUT2D eigenvalue weighted by atomic mass is 15.2. The number of nitrogens with zero attached hydrogens (tertiary/aromatic N) is 2. The Morgan fingerprint density at radius 1 is 1.17 bits per heavy atom. The van der Waals surface area contributed by atoms with E-state index in [0.29, 0.717) is 6.04 Å². The van der Waals surface area contributed by atoms with Crippen molar-refractivity contribution in [2.24, 2.45) is 0 Å². The summed E-state index contributed by atoms with van der Waals surface area (Å²) in [5, 5.41) is 3.40. The topological polar surface area (TPSA) is 18.5 Å². The van der Waals surface area contributed by atoms with Gasteiger partial charge in [-0.3, -0.25) is 0 Å². The molecule has 1 N–H and O–H groups in total. The van der Waals surface area contributed by atoms with Crippen LogP contribution in [0.4, 0.5) is 0 Å². The van der Waals surface area contributed by atoms with Gasteiger partial charge in [0.2, 0.25) is 0 Å². The van der Waals surface area contributed by atoms with Crippen LogP contribution in [0.5, 0.6) is 0 Å². The zero-order chi connectivity index (χ0) is 12.8. The van der Waals surface area contributed by atoms with Crippen molar-refractivity contribution in [3.63, 3.8) is 0 Å². The maximum absolute atomic E-state index is 3.40. The number of piperazine rings is 1. The lowest BCUT2D eigenvalue weighted by Gasteiger charge is -2.31. The van der Waals surface area contributed by atoms with Gasteiger partial charge >= 0.3 is 0 Å². The molecule has 0 spiro atoms. The van der Waals surface area contributed by atoms with E-state index in [1.165, 1.54) is 31.6 Å². The van der Waals surface area contributed by atoms with E-state index in [4.69, 9.17) is 0 Å². The summed E-state index contributed by atoms with van der Waals surface area (Å²) >= 11 is 0. The molecule has 0 aliphatic carbocycles. The molecule has 3 nitrogen and oxygen atoms in total. The minimum Gasteiger partial charge on any atom is -0.314 e. The monoisotopic (exact) mass is 247 g/mol. The maximum atomic E-state index is 3.40. The number of nitrogens with one attached hydrogen (secondary N) is 1. The van der Waals surface area contributed by atoms with Gasteiger partial charge in [0.05, 0.1) is 0 Å². The number of rotatable bonds is 5. The Balaban J connectivity index is 1.90. The van der Waals surface area contributed by atoms with Crippen LogP contribution in [0.3, 0.4) is 0 Å². The lowest BCUT2D eigenvalue weighted by molar-refractivity contribution is 0.199. The third-order valence-corrected chi connectivity index (χ3v) is 3.74. The first-order valence-electron chi connectivity index (χ1n) is 6.92. The van der Waals surface area contributed by atoms with Crippen molar-refractivity contribution in [3.05, 3.63) is 35.9 Å². The van der Waals surface area contributed by atoms with Crippen molar-refractivity contribution >= 4 is 0 Å². The normalized spacial score (nSPS) is 19.1. The molecule has 1 fully saturated rings. The van der Waals surface area contributed by atoms with Crippen LogP contribution in [-0.2, 0) is 0 Å². The molecule has 0 saturated carbocycles. The molecule has 1 heterocycles. The predicted molar refractivity (Wildman–Crippen MR) is 76.8 cm³/mol. The van der Waals surface area contributed by atoms with Gasteiger partial charge in [0.1, 0.15) is 0 Å². The minimum absolute atomic E-state index is 0.529. The summed E-state index contributed by atoms with van der Waals surface area (Å²) in [6, 6.07) is 11.4. The van der Waals surface area contributed by atoms with Crippen LogP contribution >= 0.6 is 0 Å². The zero-order valence-corrected chi connectivity index (χ0v) is 11.6. The second kappa shape index (κ2) is 6.88. The summed E-state index contributed by atoms with van der Waals surface area (Å²) in [6.07, 6.45) is 1.21. The van der Waals surface area contributed by atoms with E-state index in [1.807, 2.05) is 0 Å². The zero-order valence-electron chi connectivity index (χ0n) is 11.6. The Morgan fingerprint density at radius 3 is 2.44 bits per heavy atom. The molecule has 1 saturated heterocycles. The second-order valence-electron chi connectivity index (χ2n) is 5.27. The first-order chi connectivity index (χ1) is 8.77. The van der Waals surface area contributed by atoms with Gasteiger partial charge in [0, 0.05) is 38.8 Å². The van der Waals surface area contributed by atoms with Crippen molar-refractivity contribution in [2.75, 3.05) is 46.8 Å². The lowest BCUT2D eigenvalue weighted by Crippen LogP contribution is -2.44. The average molecular weight is 247 g/mol. The molecule has 18 heavy (non-hydrogen) atoms. The predicted octanol–water partition coefficient (Wildman–Crippen LogP) is 1.58. The van der Waals surface area contributed by atoms with E-state index in [9.17, 15) is 0 Å². The molecule has 1 aromatic rings. The summed E-state index contributed by atoms with van der Waals surface area (Å²) in [5.74, 6) is 0. The average Bonchev–Trinajstić information content (AvgIpc) is 2.41. The number of hydrogen-bond donors (Lipinski definition) is 1. The summed E-state index contributed by atoms with van der Waals surface area (Å²) < 4.78 is 0. The maximum Gasteiger partial charge on any atom is 0.0354 e. The fourth-order valence-electron chi connectivity index (χ4n) is 2.64. The highest BCUT2D eigenvalue weighted by Crippen LogP contribution is 2.21. The molecule has 0 amide bonds. The van der Waals surface area contributed by atoms with Crippen LogP contribution < -0.4 is 5.32 Å². The second-order valence-corrected chi connectivity index (χ2v) is 5.27. The van der Waals surface area contributed by atoms with Crippen LogP contribution in [0, 0.1) is 0 Å². The van der Waals surface area contributed by atoms with E-state index >= 15 is 0 Å². The van der Waals surface area contributed by atoms with Crippen LogP contribution in [0.2, 0.25) is 0 Å². The van der Waals surface area contributed by atoms with Crippen molar-refractivity contribution in [1.82, 2.24) is 15.1 Å². The highest BCUT2D eigenvalue weighted by Gasteiger charge is 2.16. The third-order valence-electron chi connectivity index (χ3n) is 3.74. The quantitative estimate of drug-likeness (QED) is 0.852. The van der Waals surface area contributed by atoms with E-state index in [1.54, 1.807) is 0 Å². The molecule has 1 unspecified atom stereocenters. The molecular formula is C15H25N3. The molecule has 0 radical (unpaired) electrons.